The molecule has 6 aliphatic heterocycles. The van der Waals surface area contributed by atoms with Crippen LogP contribution in [0.25, 0.3) is 11.1 Å². The second-order valence-electron chi connectivity index (χ2n) is 36.8. The molecule has 6 aromatic rings. The van der Waals surface area contributed by atoms with Crippen molar-refractivity contribution in [3.63, 3.8) is 0 Å². The fourth-order valence-corrected chi connectivity index (χ4v) is 18.9. The van der Waals surface area contributed by atoms with Crippen LogP contribution in [0.4, 0.5) is 15.3 Å². The summed E-state index contributed by atoms with van der Waals surface area (Å²) in [6.07, 6.45) is -14.2. The number of halogens is 2. The molecule has 6 aromatic carbocycles. The zero-order valence-electron chi connectivity index (χ0n) is 72.4. The maximum atomic E-state index is 16.8. The summed E-state index contributed by atoms with van der Waals surface area (Å²) in [5.41, 5.74) is -3.79. The topological polar surface area (TPSA) is 490 Å². The minimum Gasteiger partial charge on any atom is -0.508 e. The lowest BCUT2D eigenvalue weighted by Crippen LogP contribution is -2.59. The molecular formula is C93H109Cl2N7O26. The van der Waals surface area contributed by atoms with Crippen LogP contribution in [0.5, 0.6) is 51.7 Å². The van der Waals surface area contributed by atoms with Crippen molar-refractivity contribution in [3.05, 3.63) is 141 Å². The fourth-order valence-electron chi connectivity index (χ4n) is 18.5. The average molecular weight is 1810 g/mol. The first-order valence-electron chi connectivity index (χ1n) is 43.0. The normalized spacial score (nSPS) is 26.5. The van der Waals surface area contributed by atoms with Crippen molar-refractivity contribution in [2.45, 2.75) is 236 Å². The van der Waals surface area contributed by atoms with E-state index >= 15 is 33.6 Å². The SMILES string of the molecule is CCCOc1ccc(NC(=O)NC(=O)C[C@@H]2CC(=O)[C@H](NC(=O)[C@@H](CC(C)C)N(C)C(=O)OC(C)(C)C)[C@H](O)c3ccc(c(Cl)c3)Oc3cc4cc(c3O[C@@H]3O[C@H](CCC(=O)OC(C)(C)C)[C@@H](O)[C@H](O)[C@H]3O)Oc3ccc(cc3Cl)[C@@H](O)[C@@H]3NC(=O)[C@H](CC(=O)C4NC2=O)c2ccc(O)c(c2)-c2c(O)cc(O)cc2[C@@H](C(=O)CC2C4CC5CC(C4)CC2C5)NC3=O)cc1. The molecule has 128 heavy (non-hydrogen) atoms. The van der Waals surface area contributed by atoms with Crippen molar-refractivity contribution in [3.8, 4) is 62.9 Å². The number of urea groups is 1. The van der Waals surface area contributed by atoms with Gasteiger partial charge in [0.1, 0.15) is 106 Å². The van der Waals surface area contributed by atoms with Crippen molar-refractivity contribution >= 4 is 93.9 Å². The Hall–Kier alpha value is -11.2. The number of esters is 1. The maximum absolute atomic E-state index is 16.8. The van der Waals surface area contributed by atoms with E-state index in [1.54, 1.807) is 67.5 Å². The number of likely N-dealkylation sites (N-methyl/N-ethyl adjacent to an activating group) is 1. The number of ether oxygens (including phenoxy) is 7. The molecule has 16 rings (SSSR count). The van der Waals surface area contributed by atoms with Crippen LogP contribution < -0.4 is 50.8 Å². The highest BCUT2D eigenvalue weighted by Crippen LogP contribution is 2.59. The van der Waals surface area contributed by atoms with Gasteiger partial charge in [0.2, 0.25) is 41.6 Å². The summed E-state index contributed by atoms with van der Waals surface area (Å²) in [6.45, 7) is 15.4. The Balaban J connectivity index is 0.999. The summed E-state index contributed by atoms with van der Waals surface area (Å²) < 4.78 is 43.2. The predicted octanol–water partition coefficient (Wildman–Crippen LogP) is 11.2. The molecular weight excluding hydrogens is 1700 g/mol. The molecule has 15 bridgehead atoms. The Morgan fingerprint density at radius 3 is 1.85 bits per heavy atom. The number of nitrogens with one attached hydrogen (secondary N) is 6. The first-order chi connectivity index (χ1) is 60.4. The van der Waals surface area contributed by atoms with Crippen LogP contribution in [0.2, 0.25) is 10.0 Å². The van der Waals surface area contributed by atoms with Crippen LogP contribution in [0.1, 0.15) is 204 Å². The highest BCUT2D eigenvalue weighted by atomic mass is 35.5. The molecule has 1 unspecified atom stereocenters. The molecule has 0 spiro atoms. The number of imide groups is 1. The fraction of sp³-hybridized carbons (Fsp3) is 0.495. The van der Waals surface area contributed by atoms with Gasteiger partial charge in [-0.3, -0.25) is 53.4 Å². The molecule has 14 atom stereocenters. The van der Waals surface area contributed by atoms with Crippen molar-refractivity contribution in [2.24, 2.45) is 41.4 Å². The number of fused-ring (bicyclic) bond motifs is 15. The van der Waals surface area contributed by atoms with Gasteiger partial charge in [0.25, 0.3) is 0 Å². The van der Waals surface area contributed by atoms with Crippen LogP contribution in [0.3, 0.4) is 0 Å². The number of Topliss-reactive ketones (excluding diaryl/α,β-unsaturated/α-hetero) is 3. The smallest absolute Gasteiger partial charge is 0.410 e. The van der Waals surface area contributed by atoms with Gasteiger partial charge in [-0.15, -0.1) is 0 Å². The second kappa shape index (κ2) is 39.0. The van der Waals surface area contributed by atoms with Gasteiger partial charge in [0, 0.05) is 62.0 Å². The second-order valence-corrected chi connectivity index (χ2v) is 37.6. The Kier molecular flexibility index (Phi) is 28.8. The summed E-state index contributed by atoms with van der Waals surface area (Å²) in [4.78, 5) is 169. The number of phenols is 3. The third-order valence-electron chi connectivity index (χ3n) is 24.4. The van der Waals surface area contributed by atoms with Gasteiger partial charge in [-0.25, -0.2) is 9.59 Å². The summed E-state index contributed by atoms with van der Waals surface area (Å²) >= 11 is 14.5. The molecule has 4 saturated carbocycles. The number of aliphatic hydroxyl groups excluding tert-OH is 5. The molecule has 6 heterocycles. The highest BCUT2D eigenvalue weighted by molar-refractivity contribution is 6.32. The number of carbonyl (C=O) groups excluding carboxylic acids is 11. The monoisotopic (exact) mass is 1810 g/mol. The number of hydrogen-bond acceptors (Lipinski definition) is 26. The van der Waals surface area contributed by atoms with E-state index in [9.17, 15) is 60.0 Å². The molecule has 1 saturated heterocycles. The Labute approximate surface area is 748 Å². The molecule has 5 fully saturated rings. The number of aliphatic hydroxyl groups is 5. The molecule has 4 aliphatic carbocycles. The number of phenolic OH excluding ortho intramolecular Hbond substituents is 3. The van der Waals surface area contributed by atoms with E-state index in [4.69, 9.17) is 56.4 Å². The summed E-state index contributed by atoms with van der Waals surface area (Å²) in [5.74, 6) is -17.2. The number of rotatable bonds is 19. The van der Waals surface area contributed by atoms with Gasteiger partial charge < -0.3 is 101 Å². The van der Waals surface area contributed by atoms with E-state index in [1.165, 1.54) is 55.6 Å². The lowest BCUT2D eigenvalue weighted by Gasteiger charge is -2.54. The van der Waals surface area contributed by atoms with E-state index in [2.05, 4.69) is 31.9 Å². The van der Waals surface area contributed by atoms with E-state index < -0.39 is 237 Å². The lowest BCUT2D eigenvalue weighted by atomic mass is 9.51. The maximum Gasteiger partial charge on any atom is 0.410 e. The van der Waals surface area contributed by atoms with Crippen LogP contribution >= 0.6 is 23.2 Å². The standard InChI is InChI=1S/C93H109Cl2N7O26/c1-11-24-122-54-17-15-52(16-18-54)96-90(120)97-72(109)37-51-34-64(106)77(100-87(118)61(25-42(2)3)102(10)91(121)128-93(7,8)9)79(111)46-13-20-67(59(94)32-46)123-70-35-50-36-71(84(70)126-89-83(115)82(114)81(113)69(125-89)22-23-73(110)127-92(4,5)6)124-68-21-14-47(33-60(68)95)80(112)78-88(119)99-76(66(108)40-55-48-27-43-26-44(29-48)30-49(55)28-43)58-38-53(103)39-63(105)74(58)57-31-45(12-19-62(57)104)56(86(117)101-78)41-65(107)75(50)98-85(51)116/h12-21,31-33,35-36,38-39,42-44,48-49,51,55-56,61,69,75-83,89,103-105,111-115H,11,22-30,34,37,40-41H2,1-10H3,(H,98,116)(H,99,119)(H,100,118)(H,101,117)(H2,96,97,109,120)/t43?,44?,48?,49?,51-,55?,56+,61+,69+,75?,76-,77-,78-,79+,80+,81+,82-,83+,89-/m0/s1. The molecule has 0 aromatic heterocycles. The van der Waals surface area contributed by atoms with Gasteiger partial charge in [-0.1, -0.05) is 62.2 Å². The zero-order valence-corrected chi connectivity index (χ0v) is 73.9. The zero-order chi connectivity index (χ0) is 92.6. The molecule has 10 aliphatic rings. The molecule has 8 amide bonds. The van der Waals surface area contributed by atoms with Crippen LogP contribution in [-0.2, 0) is 57.4 Å². The largest absolute Gasteiger partial charge is 0.508 e. The predicted molar refractivity (Wildman–Crippen MR) is 461 cm³/mol. The number of aromatic hydroxyl groups is 3. The van der Waals surface area contributed by atoms with Crippen molar-refractivity contribution in [1.82, 2.24) is 31.5 Å². The number of anilines is 1. The van der Waals surface area contributed by atoms with Gasteiger partial charge in [-0.05, 0) is 235 Å². The van der Waals surface area contributed by atoms with E-state index in [-0.39, 0.29) is 93.5 Å². The van der Waals surface area contributed by atoms with Crippen molar-refractivity contribution in [2.75, 3.05) is 19.0 Å². The summed E-state index contributed by atoms with van der Waals surface area (Å²) in [7, 11) is 1.28. The van der Waals surface area contributed by atoms with Crippen LogP contribution in [0, 0.1) is 41.4 Å². The first kappa shape index (κ1) is 94.4. The molecule has 33 nitrogen and oxygen atoms in total. The van der Waals surface area contributed by atoms with Gasteiger partial charge >= 0.3 is 18.1 Å². The number of amides is 8. The first-order valence-corrected chi connectivity index (χ1v) is 43.8. The van der Waals surface area contributed by atoms with Gasteiger partial charge in [0.15, 0.2) is 28.8 Å². The minimum atomic E-state index is -2.30. The average Bonchev–Trinajstić information content (AvgIpc) is 0.777. The molecule has 35 heteroatoms. The summed E-state index contributed by atoms with van der Waals surface area (Å²) in [5, 5.41) is 111. The van der Waals surface area contributed by atoms with E-state index in [0.717, 1.165) is 79.5 Å². The third kappa shape index (κ3) is 21.9. The lowest BCUT2D eigenvalue weighted by molar-refractivity contribution is -0.273. The number of ketones is 3. The van der Waals surface area contributed by atoms with E-state index in [1.807, 2.05) is 6.92 Å². The van der Waals surface area contributed by atoms with Gasteiger partial charge in [-0.2, -0.15) is 0 Å². The Morgan fingerprint density at radius 1 is 0.633 bits per heavy atom. The summed E-state index contributed by atoms with van der Waals surface area (Å²) in [6, 6.07) is 9.82. The molecule has 686 valence electrons. The van der Waals surface area contributed by atoms with Crippen LogP contribution in [-0.4, -0.2) is 184 Å². The minimum absolute atomic E-state index is 0.0713. The molecule has 0 radical (unpaired) electrons. The number of carbonyl (C=O) groups is 11. The molecule has 14 N–H and O–H groups in total. The quantitative estimate of drug-likeness (QED) is 0.0335. The van der Waals surface area contributed by atoms with Crippen molar-refractivity contribution < 1.29 is 127 Å². The van der Waals surface area contributed by atoms with Gasteiger partial charge in [0.05, 0.1) is 34.6 Å². The number of benzene rings is 6. The number of nitrogens with zero attached hydrogens (tertiary/aromatic N) is 1. The Morgan fingerprint density at radius 2 is 1.25 bits per heavy atom. The van der Waals surface area contributed by atoms with Crippen LogP contribution in [0.15, 0.2) is 103 Å². The third-order valence-corrected chi connectivity index (χ3v) is 25.0. The van der Waals surface area contributed by atoms with E-state index in [0.29, 0.717) is 30.6 Å². The highest BCUT2D eigenvalue weighted by Gasteiger charge is 2.52. The van der Waals surface area contributed by atoms with Crippen molar-refractivity contribution in [1.29, 1.82) is 0 Å². The number of hydrogen-bond donors (Lipinski definition) is 14. The Bertz CT molecular complexity index is 5240.